The van der Waals surface area contributed by atoms with Crippen LogP contribution in [0.1, 0.15) is 47.4 Å². The average Bonchev–Trinajstić information content (AvgIpc) is 3.33. The van der Waals surface area contributed by atoms with Crippen LogP contribution in [0.4, 0.5) is 10.2 Å². The summed E-state index contributed by atoms with van der Waals surface area (Å²) in [7, 11) is 0. The molecule has 2 unspecified atom stereocenters. The van der Waals surface area contributed by atoms with Crippen LogP contribution in [0.2, 0.25) is 0 Å². The fraction of sp³-hybridized carbons (Fsp3) is 0.300. The van der Waals surface area contributed by atoms with Gasteiger partial charge >= 0.3 is 0 Å². The molecule has 1 N–H and O–H groups in total. The van der Waals surface area contributed by atoms with Crippen molar-refractivity contribution in [2.45, 2.75) is 31.8 Å². The lowest BCUT2D eigenvalue weighted by molar-refractivity contribution is 0.0949. The summed E-state index contributed by atoms with van der Waals surface area (Å²) in [5.41, 5.74) is 2.96. The third kappa shape index (κ3) is 2.48. The number of carbonyl (C=O) groups excluding carboxylic acids is 1. The molecule has 1 amide bonds. The summed E-state index contributed by atoms with van der Waals surface area (Å²) in [5, 5.41) is 7.17. The standard InChI is InChI=1S/C20H19FN6O/c1-11-12(2)24-20(28)15-10-23-27-7-5-17(25-19(15)27)26-6-3-4-16(26)14-8-13(21)9-22-18(11)14/h5,7-10,12,16H,1,3-4,6H2,2H3,(H,24,28). The van der Waals surface area contributed by atoms with E-state index in [1.54, 1.807) is 10.7 Å². The van der Waals surface area contributed by atoms with Crippen molar-refractivity contribution in [3.05, 3.63) is 59.9 Å². The molecule has 3 aromatic heterocycles. The molecular weight excluding hydrogens is 359 g/mol. The maximum atomic E-state index is 14.1. The molecule has 2 bridgehead atoms. The molecule has 0 aromatic carbocycles. The third-order valence-corrected chi connectivity index (χ3v) is 5.56. The van der Waals surface area contributed by atoms with Crippen molar-refractivity contribution in [3.63, 3.8) is 0 Å². The minimum atomic E-state index is -0.385. The van der Waals surface area contributed by atoms with Crippen molar-refractivity contribution in [2.24, 2.45) is 0 Å². The summed E-state index contributed by atoms with van der Waals surface area (Å²) in [4.78, 5) is 24.0. The number of halogens is 1. The Morgan fingerprint density at radius 3 is 3.07 bits per heavy atom. The van der Waals surface area contributed by atoms with Crippen LogP contribution in [0.5, 0.6) is 0 Å². The molecule has 28 heavy (non-hydrogen) atoms. The number of rotatable bonds is 0. The van der Waals surface area contributed by atoms with E-state index in [9.17, 15) is 9.18 Å². The maximum absolute atomic E-state index is 14.1. The zero-order valence-corrected chi connectivity index (χ0v) is 15.4. The molecule has 5 heterocycles. The minimum Gasteiger partial charge on any atom is -0.349 e. The molecule has 1 saturated heterocycles. The number of hydrogen-bond donors (Lipinski definition) is 1. The second-order valence-electron chi connectivity index (χ2n) is 7.28. The molecule has 142 valence electrons. The molecule has 8 heteroatoms. The summed E-state index contributed by atoms with van der Waals surface area (Å²) < 4.78 is 15.7. The van der Waals surface area contributed by atoms with Gasteiger partial charge in [0.05, 0.1) is 30.2 Å². The van der Waals surface area contributed by atoms with Crippen molar-refractivity contribution in [3.8, 4) is 0 Å². The van der Waals surface area contributed by atoms with E-state index >= 15 is 0 Å². The molecule has 2 atom stereocenters. The van der Waals surface area contributed by atoms with E-state index in [0.29, 0.717) is 22.5 Å². The van der Waals surface area contributed by atoms with E-state index in [4.69, 9.17) is 4.98 Å². The Kier molecular flexibility index (Phi) is 3.68. The van der Waals surface area contributed by atoms with Crippen molar-refractivity contribution < 1.29 is 9.18 Å². The normalized spacial score (nSPS) is 21.9. The molecular formula is C20H19FN6O. The second-order valence-corrected chi connectivity index (χ2v) is 7.28. The molecule has 1 fully saturated rings. The van der Waals surface area contributed by atoms with Gasteiger partial charge in [0.25, 0.3) is 5.91 Å². The van der Waals surface area contributed by atoms with Crippen molar-refractivity contribution >= 4 is 22.9 Å². The van der Waals surface area contributed by atoms with Gasteiger partial charge in [0.15, 0.2) is 5.65 Å². The molecule has 0 radical (unpaired) electrons. The monoisotopic (exact) mass is 378 g/mol. The molecule has 0 saturated carbocycles. The summed E-state index contributed by atoms with van der Waals surface area (Å²) in [6.45, 7) is 6.79. The van der Waals surface area contributed by atoms with Crippen LogP contribution in [-0.2, 0) is 0 Å². The lowest BCUT2D eigenvalue weighted by Crippen LogP contribution is -2.34. The Labute approximate surface area is 160 Å². The van der Waals surface area contributed by atoms with Gasteiger partial charge in [-0.1, -0.05) is 6.58 Å². The van der Waals surface area contributed by atoms with E-state index < -0.39 is 0 Å². The van der Waals surface area contributed by atoms with Crippen LogP contribution in [0, 0.1) is 5.82 Å². The van der Waals surface area contributed by atoms with E-state index in [1.807, 2.05) is 13.0 Å². The Hall–Kier alpha value is -3.29. The largest absolute Gasteiger partial charge is 0.349 e. The Bertz CT molecular complexity index is 1120. The predicted molar refractivity (Wildman–Crippen MR) is 102 cm³/mol. The van der Waals surface area contributed by atoms with Gasteiger partial charge in [-0.05, 0) is 37.5 Å². The number of anilines is 1. The van der Waals surface area contributed by atoms with Crippen LogP contribution < -0.4 is 10.2 Å². The quantitative estimate of drug-likeness (QED) is 0.651. The smallest absolute Gasteiger partial charge is 0.257 e. The second kappa shape index (κ2) is 6.12. The first-order valence-electron chi connectivity index (χ1n) is 9.29. The van der Waals surface area contributed by atoms with Crippen LogP contribution in [-0.4, -0.2) is 38.1 Å². The number of amides is 1. The highest BCUT2D eigenvalue weighted by atomic mass is 19.1. The number of nitrogens with zero attached hydrogens (tertiary/aromatic N) is 5. The van der Waals surface area contributed by atoms with Crippen LogP contribution in [0.25, 0.3) is 11.2 Å². The van der Waals surface area contributed by atoms with Crippen molar-refractivity contribution in [1.29, 1.82) is 0 Å². The first kappa shape index (κ1) is 16.9. The highest BCUT2D eigenvalue weighted by Gasteiger charge is 2.32. The molecule has 3 aromatic rings. The summed E-state index contributed by atoms with van der Waals surface area (Å²) >= 11 is 0. The number of pyridine rings is 1. The lowest BCUT2D eigenvalue weighted by atomic mass is 9.95. The first-order chi connectivity index (χ1) is 13.5. The first-order valence-corrected chi connectivity index (χ1v) is 9.29. The number of nitrogens with one attached hydrogen (secondary N) is 1. The molecule has 0 spiro atoms. The fourth-order valence-corrected chi connectivity index (χ4v) is 4.09. The van der Waals surface area contributed by atoms with E-state index in [0.717, 1.165) is 30.8 Å². The molecule has 2 aliphatic heterocycles. The number of carbonyl (C=O) groups is 1. The zero-order valence-electron chi connectivity index (χ0n) is 15.4. The van der Waals surface area contributed by atoms with Gasteiger partial charge in [0.1, 0.15) is 17.2 Å². The zero-order chi connectivity index (χ0) is 19.4. The summed E-state index contributed by atoms with van der Waals surface area (Å²) in [6, 6.07) is 2.96. The number of fused-ring (bicyclic) bond motifs is 5. The van der Waals surface area contributed by atoms with Gasteiger partial charge in [0.2, 0.25) is 0 Å². The molecule has 2 aliphatic rings. The third-order valence-electron chi connectivity index (χ3n) is 5.56. The lowest BCUT2D eigenvalue weighted by Gasteiger charge is -2.29. The SMILES string of the molecule is C=C1c2ncc(F)cc2C2CCCN2c2ccn3ncc(c3n2)C(=O)NC1C. The summed E-state index contributed by atoms with van der Waals surface area (Å²) in [5.74, 6) is 0.0678. The van der Waals surface area contributed by atoms with Crippen LogP contribution >= 0.6 is 0 Å². The van der Waals surface area contributed by atoms with Crippen molar-refractivity contribution in [1.82, 2.24) is 24.9 Å². The number of hydrogen-bond acceptors (Lipinski definition) is 5. The predicted octanol–water partition coefficient (Wildman–Crippen LogP) is 2.75. The van der Waals surface area contributed by atoms with Crippen molar-refractivity contribution in [2.75, 3.05) is 11.4 Å². The Morgan fingerprint density at radius 1 is 1.36 bits per heavy atom. The Morgan fingerprint density at radius 2 is 2.21 bits per heavy atom. The molecule has 5 rings (SSSR count). The Balaban J connectivity index is 1.76. The average molecular weight is 378 g/mol. The maximum Gasteiger partial charge on any atom is 0.257 e. The summed E-state index contributed by atoms with van der Waals surface area (Å²) in [6.07, 6.45) is 6.34. The fourth-order valence-electron chi connectivity index (χ4n) is 4.09. The minimum absolute atomic E-state index is 0.0569. The topological polar surface area (TPSA) is 75.4 Å². The van der Waals surface area contributed by atoms with Gasteiger partial charge < -0.3 is 10.2 Å². The van der Waals surface area contributed by atoms with E-state index in [1.165, 1.54) is 18.5 Å². The number of aromatic nitrogens is 4. The van der Waals surface area contributed by atoms with Gasteiger partial charge in [-0.15, -0.1) is 0 Å². The van der Waals surface area contributed by atoms with Gasteiger partial charge in [-0.2, -0.15) is 5.10 Å². The van der Waals surface area contributed by atoms with Crippen LogP contribution in [0.3, 0.4) is 0 Å². The van der Waals surface area contributed by atoms with Gasteiger partial charge in [-0.25, -0.2) is 13.9 Å². The highest BCUT2D eigenvalue weighted by molar-refractivity contribution is 6.00. The molecule has 7 nitrogen and oxygen atoms in total. The highest BCUT2D eigenvalue weighted by Crippen LogP contribution is 2.38. The van der Waals surface area contributed by atoms with Gasteiger partial charge in [0, 0.05) is 18.3 Å². The van der Waals surface area contributed by atoms with E-state index in [-0.39, 0.29) is 23.8 Å². The van der Waals surface area contributed by atoms with Gasteiger partial charge in [-0.3, -0.25) is 9.78 Å². The molecule has 0 aliphatic carbocycles. The van der Waals surface area contributed by atoms with Crippen LogP contribution in [0.15, 0.2) is 37.3 Å². The van der Waals surface area contributed by atoms with E-state index in [2.05, 4.69) is 26.9 Å².